The maximum absolute atomic E-state index is 14.0. The minimum absolute atomic E-state index is 0.137. The smallest absolute Gasteiger partial charge is 0.229 e. The summed E-state index contributed by atoms with van der Waals surface area (Å²) in [4.78, 5) is 16.0. The van der Waals surface area contributed by atoms with Gasteiger partial charge in [0.1, 0.15) is 0 Å². The predicted molar refractivity (Wildman–Crippen MR) is 146 cm³/mol. The van der Waals surface area contributed by atoms with Crippen LogP contribution in [0.3, 0.4) is 0 Å². The lowest BCUT2D eigenvalue weighted by Crippen LogP contribution is -2.43. The van der Waals surface area contributed by atoms with E-state index >= 15 is 0 Å². The highest BCUT2D eigenvalue weighted by atomic mass is 28.4. The van der Waals surface area contributed by atoms with Crippen LogP contribution in [0, 0.1) is 5.41 Å². The molecule has 1 aliphatic heterocycles. The summed E-state index contributed by atoms with van der Waals surface area (Å²) in [7, 11) is 2.91. The molecule has 1 heterocycles. The van der Waals surface area contributed by atoms with Crippen molar-refractivity contribution in [3.63, 3.8) is 0 Å². The number of hydrogen-bond donors (Lipinski definition) is 0. The van der Waals surface area contributed by atoms with E-state index in [1.165, 1.54) is 5.56 Å². The third-order valence-corrected chi connectivity index (χ3v) is 12.5. The second-order valence-corrected chi connectivity index (χ2v) is 16.1. The lowest BCUT2D eigenvalue weighted by Gasteiger charge is -2.37. The van der Waals surface area contributed by atoms with Crippen molar-refractivity contribution in [3.8, 4) is 17.2 Å². The van der Waals surface area contributed by atoms with E-state index in [-0.39, 0.29) is 10.9 Å². The molecule has 7 heteroatoms. The molecule has 0 aliphatic carbocycles. The number of rotatable bonds is 11. The molecule has 2 aromatic carbocycles. The Hall–Kier alpha value is -2.51. The number of ether oxygens (including phenoxy) is 3. The Kier molecular flexibility index (Phi) is 8.78. The van der Waals surface area contributed by atoms with Crippen LogP contribution < -0.4 is 14.2 Å². The summed E-state index contributed by atoms with van der Waals surface area (Å²) in [6.07, 6.45) is 2.25. The Balaban J connectivity index is 1.83. The summed E-state index contributed by atoms with van der Waals surface area (Å²) in [5, 5.41) is 0.137. The quantitative estimate of drug-likeness (QED) is 0.341. The monoisotopic (exact) mass is 513 g/mol. The third-order valence-electron chi connectivity index (χ3n) is 7.93. The largest absolute Gasteiger partial charge is 0.493 e. The molecule has 1 aliphatic rings. The molecular weight excluding hydrogens is 470 g/mol. The Bertz CT molecular complexity index is 1010. The summed E-state index contributed by atoms with van der Waals surface area (Å²) in [6.45, 7) is 13.1. The highest BCUT2D eigenvalue weighted by molar-refractivity contribution is 6.74. The molecule has 1 unspecified atom stereocenters. The molecule has 1 atom stereocenters. The average Bonchev–Trinajstić information content (AvgIpc) is 3.13. The fourth-order valence-electron chi connectivity index (χ4n) is 4.68. The topological polar surface area (TPSA) is 57.2 Å². The zero-order chi connectivity index (χ0) is 26.6. The number of amides is 1. The third kappa shape index (κ3) is 6.06. The van der Waals surface area contributed by atoms with Crippen LogP contribution in [0.5, 0.6) is 17.2 Å². The van der Waals surface area contributed by atoms with E-state index in [0.717, 1.165) is 24.8 Å². The van der Waals surface area contributed by atoms with Crippen molar-refractivity contribution in [2.75, 3.05) is 34.5 Å². The van der Waals surface area contributed by atoms with Crippen molar-refractivity contribution in [1.29, 1.82) is 0 Å². The molecular formula is C29H43NO5Si. The lowest BCUT2D eigenvalue weighted by molar-refractivity contribution is -0.137. The molecule has 0 spiro atoms. The maximum Gasteiger partial charge on any atom is 0.229 e. The number of carbonyl (C=O) groups excluding carboxylic acids is 1. The van der Waals surface area contributed by atoms with E-state index in [2.05, 4.69) is 46.0 Å². The standard InChI is InChI=1S/C29H43NO5Si/c1-28(2,3)36(7,8)35-17-15-29(20-22-12-10-9-11-13-22)14-16-30(27(29)31)21-23-18-24(32-4)26(34-6)25(19-23)33-5/h9-13,18-19H,14-17,20-21H2,1-8H3. The lowest BCUT2D eigenvalue weighted by atomic mass is 9.77. The summed E-state index contributed by atoms with van der Waals surface area (Å²) >= 11 is 0. The molecule has 1 amide bonds. The van der Waals surface area contributed by atoms with Gasteiger partial charge >= 0.3 is 0 Å². The molecule has 6 nitrogen and oxygen atoms in total. The van der Waals surface area contributed by atoms with Crippen molar-refractivity contribution in [3.05, 3.63) is 53.6 Å². The highest BCUT2D eigenvalue weighted by Crippen LogP contribution is 2.43. The number of likely N-dealkylation sites (tertiary alicyclic amines) is 1. The fraction of sp³-hybridized carbons (Fsp3) is 0.552. The van der Waals surface area contributed by atoms with E-state index in [0.29, 0.717) is 36.9 Å². The first-order valence-corrected chi connectivity index (χ1v) is 15.6. The normalized spacial score (nSPS) is 18.4. The van der Waals surface area contributed by atoms with Gasteiger partial charge in [0.15, 0.2) is 19.8 Å². The van der Waals surface area contributed by atoms with Crippen LogP contribution >= 0.6 is 0 Å². The fourth-order valence-corrected chi connectivity index (χ4v) is 5.73. The van der Waals surface area contributed by atoms with Gasteiger partial charge in [0, 0.05) is 19.7 Å². The van der Waals surface area contributed by atoms with Gasteiger partial charge < -0.3 is 23.5 Å². The molecule has 36 heavy (non-hydrogen) atoms. The van der Waals surface area contributed by atoms with E-state index in [1.807, 2.05) is 35.2 Å². The van der Waals surface area contributed by atoms with Crippen LogP contribution in [0.1, 0.15) is 44.7 Å². The zero-order valence-corrected chi connectivity index (χ0v) is 24.3. The van der Waals surface area contributed by atoms with Gasteiger partial charge in [-0.1, -0.05) is 51.1 Å². The first-order chi connectivity index (χ1) is 17.0. The van der Waals surface area contributed by atoms with Gasteiger partial charge in [-0.05, 0) is 60.7 Å². The van der Waals surface area contributed by atoms with Gasteiger partial charge in [-0.2, -0.15) is 0 Å². The van der Waals surface area contributed by atoms with Crippen LogP contribution in [0.25, 0.3) is 0 Å². The van der Waals surface area contributed by atoms with Crippen molar-refractivity contribution in [2.24, 2.45) is 5.41 Å². The van der Waals surface area contributed by atoms with Crippen LogP contribution in [-0.2, 0) is 22.2 Å². The highest BCUT2D eigenvalue weighted by Gasteiger charge is 2.47. The van der Waals surface area contributed by atoms with Crippen molar-refractivity contribution < 1.29 is 23.4 Å². The Morgan fingerprint density at radius 1 is 0.944 bits per heavy atom. The Labute approximate surface area is 218 Å². The minimum atomic E-state index is -1.90. The molecule has 3 rings (SSSR count). The van der Waals surface area contributed by atoms with Crippen LogP contribution in [0.15, 0.2) is 42.5 Å². The van der Waals surface area contributed by atoms with Crippen LogP contribution in [0.2, 0.25) is 18.1 Å². The Morgan fingerprint density at radius 2 is 1.56 bits per heavy atom. The zero-order valence-electron chi connectivity index (χ0n) is 23.3. The van der Waals surface area contributed by atoms with E-state index in [9.17, 15) is 4.79 Å². The number of nitrogens with zero attached hydrogens (tertiary/aromatic N) is 1. The van der Waals surface area contributed by atoms with Crippen molar-refractivity contribution in [1.82, 2.24) is 4.90 Å². The van der Waals surface area contributed by atoms with Gasteiger partial charge in [-0.25, -0.2) is 0 Å². The molecule has 1 fully saturated rings. The van der Waals surface area contributed by atoms with Crippen LogP contribution in [-0.4, -0.2) is 53.6 Å². The van der Waals surface area contributed by atoms with E-state index in [1.54, 1.807) is 21.3 Å². The molecule has 0 saturated carbocycles. The summed E-state index contributed by atoms with van der Waals surface area (Å²) in [5.41, 5.74) is 1.67. The molecule has 0 bridgehead atoms. The van der Waals surface area contributed by atoms with Crippen molar-refractivity contribution >= 4 is 14.2 Å². The molecule has 198 valence electrons. The van der Waals surface area contributed by atoms with Gasteiger partial charge in [-0.3, -0.25) is 4.79 Å². The van der Waals surface area contributed by atoms with Crippen molar-refractivity contribution in [2.45, 2.75) is 64.7 Å². The molecule has 2 aromatic rings. The van der Waals surface area contributed by atoms with Gasteiger partial charge in [0.05, 0.1) is 26.7 Å². The maximum atomic E-state index is 14.0. The first-order valence-electron chi connectivity index (χ1n) is 12.7. The van der Waals surface area contributed by atoms with Gasteiger partial charge in [0.25, 0.3) is 0 Å². The second kappa shape index (κ2) is 11.3. The number of carbonyl (C=O) groups is 1. The van der Waals surface area contributed by atoms with E-state index in [4.69, 9.17) is 18.6 Å². The number of benzene rings is 2. The van der Waals surface area contributed by atoms with Gasteiger partial charge in [-0.15, -0.1) is 0 Å². The van der Waals surface area contributed by atoms with Gasteiger partial charge in [0.2, 0.25) is 11.7 Å². The predicted octanol–water partition coefficient (Wildman–Crippen LogP) is 6.09. The minimum Gasteiger partial charge on any atom is -0.493 e. The SMILES string of the molecule is COc1cc(CN2CCC(CCO[Si](C)(C)C(C)(C)C)(Cc3ccccc3)C2=O)cc(OC)c1OC. The summed E-state index contributed by atoms with van der Waals surface area (Å²) in [5.74, 6) is 1.94. The average molecular weight is 514 g/mol. The number of methoxy groups -OCH3 is 3. The number of hydrogen-bond acceptors (Lipinski definition) is 5. The molecule has 1 saturated heterocycles. The second-order valence-electron chi connectivity index (χ2n) is 11.3. The summed E-state index contributed by atoms with van der Waals surface area (Å²) in [6, 6.07) is 14.2. The van der Waals surface area contributed by atoms with E-state index < -0.39 is 13.7 Å². The van der Waals surface area contributed by atoms with Crippen LogP contribution in [0.4, 0.5) is 0 Å². The molecule has 0 N–H and O–H groups in total. The molecule has 0 aromatic heterocycles. The Morgan fingerprint density at radius 3 is 2.08 bits per heavy atom. The molecule has 0 radical (unpaired) electrons. The first kappa shape index (κ1) is 28.1. The summed E-state index contributed by atoms with van der Waals surface area (Å²) < 4.78 is 23.0.